The lowest BCUT2D eigenvalue weighted by atomic mass is 10.3. The average Bonchev–Trinajstić information content (AvgIpc) is 2.50. The van der Waals surface area contributed by atoms with Crippen LogP contribution in [0.3, 0.4) is 0 Å². The largest absolute Gasteiger partial charge is 0.341 e. The summed E-state index contributed by atoms with van der Waals surface area (Å²) in [7, 11) is -5.35. The van der Waals surface area contributed by atoms with Gasteiger partial charge in [-0.1, -0.05) is 90.0 Å². The molecule has 0 aromatic carbocycles. The second-order valence-electron chi connectivity index (χ2n) is 10.8. The zero-order valence-corrected chi connectivity index (χ0v) is 25.9. The highest BCUT2D eigenvalue weighted by Gasteiger charge is 2.60. The molecule has 0 N–H and O–H groups in total. The van der Waals surface area contributed by atoms with Gasteiger partial charge in [-0.3, -0.25) is 0 Å². The first kappa shape index (κ1) is 29.2. The van der Waals surface area contributed by atoms with Gasteiger partial charge in [-0.25, -0.2) is 0 Å². The van der Waals surface area contributed by atoms with Gasteiger partial charge in [0.2, 0.25) is 7.42 Å². The Hall–Kier alpha value is 1.19. The van der Waals surface area contributed by atoms with Gasteiger partial charge in [-0.2, -0.15) is 22.2 Å². The highest BCUT2D eigenvalue weighted by molar-refractivity contribution is 7.33. The highest BCUT2D eigenvalue weighted by atomic mass is 35.7. The first-order chi connectivity index (χ1) is 12.7. The third-order valence-electron chi connectivity index (χ3n) is 7.67. The highest BCUT2D eigenvalue weighted by Crippen LogP contribution is 2.55. The van der Waals surface area contributed by atoms with Gasteiger partial charge < -0.3 is 4.23 Å². The first-order valence-corrected chi connectivity index (χ1v) is 20.4. The summed E-state index contributed by atoms with van der Waals surface area (Å²) in [5, 5.41) is 0. The van der Waals surface area contributed by atoms with Crippen molar-refractivity contribution in [2.75, 3.05) is 0 Å². The van der Waals surface area contributed by atoms with Crippen LogP contribution in [0.4, 0.5) is 0 Å². The maximum Gasteiger partial charge on any atom is 0.238 e. The van der Waals surface area contributed by atoms with Crippen molar-refractivity contribution in [3.05, 3.63) is 0 Å². The van der Waals surface area contributed by atoms with Gasteiger partial charge in [0.1, 0.15) is 16.5 Å². The van der Waals surface area contributed by atoms with Crippen LogP contribution in [-0.2, 0) is 0 Å². The Balaban J connectivity index is 7.30. The van der Waals surface area contributed by atoms with Gasteiger partial charge in [0, 0.05) is 0 Å². The molecule has 28 heavy (non-hydrogen) atoms. The molecule has 0 rings (SSSR count). The summed E-state index contributed by atoms with van der Waals surface area (Å²) in [6, 6.07) is 1.57. The monoisotopic (exact) mass is 483 g/mol. The van der Waals surface area contributed by atoms with Crippen LogP contribution in [0.2, 0.25) is 39.3 Å². The van der Waals surface area contributed by atoms with Gasteiger partial charge in [-0.05, 0) is 51.8 Å². The quantitative estimate of drug-likeness (QED) is 0.197. The molecule has 0 aromatic heterocycles. The third kappa shape index (κ3) is 5.32. The van der Waals surface area contributed by atoms with Crippen LogP contribution in [0.25, 0.3) is 0 Å². The minimum absolute atomic E-state index is 0.546. The Bertz CT molecular complexity index is 376. The van der Waals surface area contributed by atoms with Gasteiger partial charge in [0.15, 0.2) is 0 Å². The van der Waals surface area contributed by atoms with Crippen molar-refractivity contribution in [2.24, 2.45) is 0 Å². The molecule has 0 aliphatic rings. The maximum atomic E-state index is 6.58. The molecule has 0 bridgehead atoms. The predicted octanol–water partition coefficient (Wildman–Crippen LogP) is 9.12. The summed E-state index contributed by atoms with van der Waals surface area (Å²) in [6.07, 6.45) is 1.17. The van der Waals surface area contributed by atoms with E-state index in [0.717, 1.165) is 39.3 Å². The van der Waals surface area contributed by atoms with Crippen molar-refractivity contribution in [3.8, 4) is 0 Å². The summed E-state index contributed by atoms with van der Waals surface area (Å²) in [4.78, 5) is 0. The van der Waals surface area contributed by atoms with E-state index in [2.05, 4.69) is 94.2 Å². The number of rotatable bonds is 12. The lowest BCUT2D eigenvalue weighted by Gasteiger charge is -2.65. The summed E-state index contributed by atoms with van der Waals surface area (Å²) in [5.41, 5.74) is 4.31. The van der Waals surface area contributed by atoms with E-state index in [0.29, 0.717) is 6.04 Å². The molecular weight excluding hydrogens is 433 g/mol. The zero-order valence-electron chi connectivity index (χ0n) is 21.2. The van der Waals surface area contributed by atoms with Crippen molar-refractivity contribution in [1.29, 1.82) is 0 Å². The third-order valence-corrected chi connectivity index (χ3v) is 25.5. The minimum atomic E-state index is -1.83. The fourth-order valence-corrected chi connectivity index (χ4v) is 30.4. The van der Waals surface area contributed by atoms with Crippen molar-refractivity contribution < 1.29 is 0 Å². The summed E-state index contributed by atoms with van der Waals surface area (Å²) < 4.78 is 3.28. The molecule has 0 amide bonds. The molecule has 0 aromatic rings. The van der Waals surface area contributed by atoms with E-state index < -0.39 is 23.9 Å². The molecule has 0 saturated heterocycles. The topological polar surface area (TPSA) is 3.24 Å². The van der Waals surface area contributed by atoms with Crippen molar-refractivity contribution in [3.63, 3.8) is 0 Å². The fourth-order valence-electron chi connectivity index (χ4n) is 7.30. The molecule has 0 fully saturated rings. The molecule has 0 radical (unpaired) electrons. The lowest BCUT2D eigenvalue weighted by Crippen LogP contribution is -2.76. The van der Waals surface area contributed by atoms with Crippen LogP contribution in [0.5, 0.6) is 0 Å². The Morgan fingerprint density at radius 1 is 0.607 bits per heavy atom. The van der Waals surface area contributed by atoms with Crippen LogP contribution < -0.4 is 0 Å². The second-order valence-corrected chi connectivity index (χ2v) is 27.7. The molecule has 1 atom stereocenters. The molecule has 170 valence electrons. The normalized spacial score (nSPS) is 15.5. The average molecular weight is 485 g/mol. The second kappa shape index (κ2) is 11.7. The standard InChI is InChI=1S/C22H51Cl2NSi3/c1-14-22(15-26(23)24)25(27(16(2)3,17(4)5)18(6)7)28(19(8)9,20(10)11)21(12)13/h16-22,26H,14-15H2,1-13H3. The SMILES string of the molecule is CCC(C[SiH](Cl)Cl)N([Si](C(C)C)(C(C)C)C(C)C)[Si](C(C)C)(C(C)C)C(C)C. The van der Waals surface area contributed by atoms with E-state index in [1.807, 2.05) is 0 Å². The Morgan fingerprint density at radius 2 is 0.857 bits per heavy atom. The minimum Gasteiger partial charge on any atom is -0.341 e. The van der Waals surface area contributed by atoms with Crippen molar-refractivity contribution in [2.45, 2.75) is 142 Å². The number of hydrogen-bond acceptors (Lipinski definition) is 1. The number of hydrogen-bond donors (Lipinski definition) is 0. The number of nitrogens with zero attached hydrogens (tertiary/aromatic N) is 1. The molecule has 6 heteroatoms. The summed E-state index contributed by atoms with van der Waals surface area (Å²) in [5.74, 6) is 0. The van der Waals surface area contributed by atoms with Crippen molar-refractivity contribution in [1.82, 2.24) is 4.23 Å². The van der Waals surface area contributed by atoms with Gasteiger partial charge in [0.25, 0.3) is 0 Å². The van der Waals surface area contributed by atoms with Crippen molar-refractivity contribution >= 4 is 46.0 Å². The molecule has 0 spiro atoms. The van der Waals surface area contributed by atoms with Crippen LogP contribution in [-0.4, -0.2) is 34.2 Å². The summed E-state index contributed by atoms with van der Waals surface area (Å²) in [6.45, 7) is 32.6. The summed E-state index contributed by atoms with van der Waals surface area (Å²) >= 11 is 13.2. The Kier molecular flexibility index (Phi) is 12.2. The van der Waals surface area contributed by atoms with E-state index in [1.54, 1.807) is 0 Å². The molecule has 1 unspecified atom stereocenters. The van der Waals surface area contributed by atoms with Crippen LogP contribution in [0.15, 0.2) is 0 Å². The van der Waals surface area contributed by atoms with E-state index >= 15 is 0 Å². The Morgan fingerprint density at radius 3 is 1.00 bits per heavy atom. The Labute approximate surface area is 191 Å². The van der Waals surface area contributed by atoms with Crippen LogP contribution in [0, 0.1) is 0 Å². The van der Waals surface area contributed by atoms with Gasteiger partial charge in [-0.15, -0.1) is 0 Å². The lowest BCUT2D eigenvalue weighted by molar-refractivity contribution is 0.398. The zero-order chi connectivity index (χ0) is 22.6. The molecule has 1 nitrogen and oxygen atoms in total. The van der Waals surface area contributed by atoms with Gasteiger partial charge in [0.05, 0.1) is 0 Å². The molecule has 0 saturated carbocycles. The maximum absolute atomic E-state index is 6.58. The molecule has 0 aliphatic carbocycles. The number of halogens is 2. The molecule has 0 aliphatic heterocycles. The van der Waals surface area contributed by atoms with Crippen LogP contribution in [0.1, 0.15) is 96.4 Å². The first-order valence-electron chi connectivity index (χ1n) is 11.7. The smallest absolute Gasteiger partial charge is 0.238 e. The van der Waals surface area contributed by atoms with E-state index in [-0.39, 0.29) is 0 Å². The molecule has 0 heterocycles. The predicted molar refractivity (Wildman–Crippen MR) is 142 cm³/mol. The fraction of sp³-hybridized carbons (Fsp3) is 1.00. The van der Waals surface area contributed by atoms with E-state index in [9.17, 15) is 0 Å². The van der Waals surface area contributed by atoms with E-state index in [4.69, 9.17) is 22.2 Å². The van der Waals surface area contributed by atoms with E-state index in [1.165, 1.54) is 6.42 Å². The molecular formula is C22H51Cl2NSi3. The van der Waals surface area contributed by atoms with Crippen LogP contribution >= 0.6 is 22.2 Å². The van der Waals surface area contributed by atoms with Gasteiger partial charge >= 0.3 is 0 Å².